The van der Waals surface area contributed by atoms with Gasteiger partial charge in [0.2, 0.25) is 0 Å². The van der Waals surface area contributed by atoms with Crippen molar-refractivity contribution >= 4 is 6.09 Å². The number of halogens is 3. The van der Waals surface area contributed by atoms with Gasteiger partial charge in [-0.05, 0) is 40.0 Å². The van der Waals surface area contributed by atoms with Crippen molar-refractivity contribution in [1.29, 1.82) is 0 Å². The van der Waals surface area contributed by atoms with Crippen molar-refractivity contribution in [3.05, 3.63) is 0 Å². The highest BCUT2D eigenvalue weighted by atomic mass is 19.4. The zero-order valence-electron chi connectivity index (χ0n) is 10.6. The van der Waals surface area contributed by atoms with Gasteiger partial charge in [-0.2, -0.15) is 13.2 Å². The Morgan fingerprint density at radius 3 is 2.11 bits per heavy atom. The maximum absolute atomic E-state index is 12.5. The summed E-state index contributed by atoms with van der Waals surface area (Å²) in [6.45, 7) is 4.83. The molecular weight excluding hydrogens is 251 g/mol. The Kier molecular flexibility index (Phi) is 3.86. The van der Waals surface area contributed by atoms with Crippen LogP contribution in [0.3, 0.4) is 0 Å². The molecule has 2 N–H and O–H groups in total. The molecule has 1 amide bonds. The lowest BCUT2D eigenvalue weighted by Crippen LogP contribution is -2.65. The van der Waals surface area contributed by atoms with Gasteiger partial charge in [0, 0.05) is 0 Å². The van der Waals surface area contributed by atoms with E-state index in [-0.39, 0.29) is 12.8 Å². The second-order valence-electron chi connectivity index (χ2n) is 5.58. The summed E-state index contributed by atoms with van der Waals surface area (Å²) in [5.41, 5.74) is -2.43. The van der Waals surface area contributed by atoms with Crippen LogP contribution in [0.5, 0.6) is 0 Å². The molecule has 106 valence electrons. The average molecular weight is 269 g/mol. The molecule has 0 saturated heterocycles. The number of hydrogen-bond acceptors (Lipinski definition) is 3. The summed E-state index contributed by atoms with van der Waals surface area (Å²) in [6, 6.07) is 0. The topological polar surface area (TPSA) is 58.6 Å². The predicted molar refractivity (Wildman–Crippen MR) is 58.0 cm³/mol. The maximum atomic E-state index is 12.5. The highest BCUT2D eigenvalue weighted by Crippen LogP contribution is 2.41. The van der Waals surface area contributed by atoms with Gasteiger partial charge in [0.05, 0.1) is 5.54 Å². The number of alkyl halides is 3. The molecule has 0 radical (unpaired) electrons. The first-order valence-corrected chi connectivity index (χ1v) is 5.72. The number of alkyl carbamates (subject to hydrolysis) is 1. The van der Waals surface area contributed by atoms with Gasteiger partial charge in [0.1, 0.15) is 5.60 Å². The molecule has 18 heavy (non-hydrogen) atoms. The molecule has 1 atom stereocenters. The average Bonchev–Trinajstić information content (AvgIpc) is 2.05. The summed E-state index contributed by atoms with van der Waals surface area (Å²) in [5, 5.41) is 11.5. The van der Waals surface area contributed by atoms with Crippen molar-refractivity contribution in [3.8, 4) is 0 Å². The van der Waals surface area contributed by atoms with Crippen LogP contribution >= 0.6 is 0 Å². The van der Waals surface area contributed by atoms with E-state index in [1.54, 1.807) is 20.8 Å². The Labute approximate surface area is 103 Å². The fourth-order valence-electron chi connectivity index (χ4n) is 1.84. The normalized spacial score (nSPS) is 20.8. The molecule has 0 aromatic heterocycles. The highest BCUT2D eigenvalue weighted by Gasteiger charge is 2.56. The number of nitrogens with one attached hydrogen (secondary N) is 1. The largest absolute Gasteiger partial charge is 0.444 e. The molecular formula is C11H18F3NO3. The summed E-state index contributed by atoms with van der Waals surface area (Å²) in [4.78, 5) is 11.5. The minimum absolute atomic E-state index is 0.0902. The number of hydrogen-bond donors (Lipinski definition) is 2. The van der Waals surface area contributed by atoms with Gasteiger partial charge in [0.15, 0.2) is 6.10 Å². The van der Waals surface area contributed by atoms with E-state index in [0.29, 0.717) is 6.42 Å². The Hall–Kier alpha value is -0.980. The van der Waals surface area contributed by atoms with Crippen LogP contribution in [-0.4, -0.2) is 34.6 Å². The third-order valence-electron chi connectivity index (χ3n) is 2.83. The second-order valence-corrected chi connectivity index (χ2v) is 5.58. The number of ether oxygens (including phenoxy) is 1. The van der Waals surface area contributed by atoms with Crippen molar-refractivity contribution in [2.24, 2.45) is 0 Å². The molecule has 1 aliphatic rings. The monoisotopic (exact) mass is 269 g/mol. The molecule has 0 aliphatic heterocycles. The molecule has 0 aromatic carbocycles. The first kappa shape index (κ1) is 15.1. The van der Waals surface area contributed by atoms with Crippen LogP contribution in [0.2, 0.25) is 0 Å². The fourth-order valence-corrected chi connectivity index (χ4v) is 1.84. The first-order valence-electron chi connectivity index (χ1n) is 5.72. The van der Waals surface area contributed by atoms with E-state index >= 15 is 0 Å². The van der Waals surface area contributed by atoms with Gasteiger partial charge < -0.3 is 15.2 Å². The van der Waals surface area contributed by atoms with Crippen molar-refractivity contribution in [2.75, 3.05) is 0 Å². The summed E-state index contributed by atoms with van der Waals surface area (Å²) >= 11 is 0. The third kappa shape index (κ3) is 3.51. The summed E-state index contributed by atoms with van der Waals surface area (Å²) < 4.78 is 42.4. The lowest BCUT2D eigenvalue weighted by molar-refractivity contribution is -0.235. The smallest absolute Gasteiger partial charge is 0.416 e. The van der Waals surface area contributed by atoms with Crippen LogP contribution < -0.4 is 5.32 Å². The van der Waals surface area contributed by atoms with Crippen molar-refractivity contribution in [2.45, 2.75) is 63.5 Å². The molecule has 1 fully saturated rings. The summed E-state index contributed by atoms with van der Waals surface area (Å²) in [5.74, 6) is 0. The van der Waals surface area contributed by atoms with Gasteiger partial charge in [-0.1, -0.05) is 0 Å². The van der Waals surface area contributed by atoms with Crippen LogP contribution in [-0.2, 0) is 4.74 Å². The molecule has 0 unspecified atom stereocenters. The summed E-state index contributed by atoms with van der Waals surface area (Å²) in [7, 11) is 0. The van der Waals surface area contributed by atoms with Crippen LogP contribution in [0.15, 0.2) is 0 Å². The number of carbonyl (C=O) groups excluding carboxylic acids is 1. The van der Waals surface area contributed by atoms with Crippen LogP contribution in [0.25, 0.3) is 0 Å². The molecule has 7 heteroatoms. The van der Waals surface area contributed by atoms with Crippen molar-refractivity contribution in [1.82, 2.24) is 5.32 Å². The van der Waals surface area contributed by atoms with Gasteiger partial charge in [0.25, 0.3) is 0 Å². The third-order valence-corrected chi connectivity index (χ3v) is 2.83. The Balaban J connectivity index is 2.70. The van der Waals surface area contributed by atoms with E-state index in [4.69, 9.17) is 4.74 Å². The van der Waals surface area contributed by atoms with Crippen molar-refractivity contribution in [3.63, 3.8) is 0 Å². The van der Waals surface area contributed by atoms with E-state index in [9.17, 15) is 23.1 Å². The van der Waals surface area contributed by atoms with Gasteiger partial charge >= 0.3 is 12.3 Å². The number of aliphatic hydroxyl groups excluding tert-OH is 1. The van der Waals surface area contributed by atoms with E-state index < -0.39 is 29.5 Å². The second kappa shape index (κ2) is 4.60. The SMILES string of the molecule is CC(C)(C)OC(=O)NC1([C@@H](O)C(F)(F)F)CCC1. The van der Waals surface area contributed by atoms with E-state index in [1.165, 1.54) is 0 Å². The summed E-state index contributed by atoms with van der Waals surface area (Å²) in [6.07, 6.45) is -7.55. The highest BCUT2D eigenvalue weighted by molar-refractivity contribution is 5.69. The Morgan fingerprint density at radius 1 is 1.33 bits per heavy atom. The molecule has 0 bridgehead atoms. The predicted octanol–water partition coefficient (Wildman–Crippen LogP) is 2.36. The molecule has 0 aromatic rings. The van der Waals surface area contributed by atoms with Gasteiger partial charge in [-0.15, -0.1) is 0 Å². The number of aliphatic hydroxyl groups is 1. The Morgan fingerprint density at radius 2 is 1.83 bits per heavy atom. The van der Waals surface area contributed by atoms with E-state index in [0.717, 1.165) is 0 Å². The minimum atomic E-state index is -4.75. The molecule has 0 spiro atoms. The maximum Gasteiger partial charge on any atom is 0.416 e. The molecule has 0 heterocycles. The van der Waals surface area contributed by atoms with E-state index in [1.807, 2.05) is 0 Å². The van der Waals surface area contributed by atoms with Crippen LogP contribution in [0, 0.1) is 0 Å². The van der Waals surface area contributed by atoms with Gasteiger partial charge in [-0.3, -0.25) is 0 Å². The Bertz CT molecular complexity index is 318. The molecule has 1 aliphatic carbocycles. The van der Waals surface area contributed by atoms with Crippen LogP contribution in [0.4, 0.5) is 18.0 Å². The van der Waals surface area contributed by atoms with Crippen molar-refractivity contribution < 1.29 is 27.8 Å². The zero-order valence-corrected chi connectivity index (χ0v) is 10.6. The lowest BCUT2D eigenvalue weighted by atomic mass is 9.72. The molecule has 4 nitrogen and oxygen atoms in total. The zero-order chi connectivity index (χ0) is 14.2. The standard InChI is InChI=1S/C11H18F3NO3/c1-9(2,3)18-8(17)15-10(5-4-6-10)7(16)11(12,13)14/h7,16H,4-6H2,1-3H3,(H,15,17)/t7-/m1/s1. The number of rotatable bonds is 2. The minimum Gasteiger partial charge on any atom is -0.444 e. The van der Waals surface area contributed by atoms with Crippen LogP contribution in [0.1, 0.15) is 40.0 Å². The van der Waals surface area contributed by atoms with E-state index in [2.05, 4.69) is 5.32 Å². The van der Waals surface area contributed by atoms with Gasteiger partial charge in [-0.25, -0.2) is 4.79 Å². The fraction of sp³-hybridized carbons (Fsp3) is 0.909. The molecule has 1 saturated carbocycles. The number of amides is 1. The molecule has 1 rings (SSSR count). The first-order chi connectivity index (χ1) is 7.96. The number of carbonyl (C=O) groups is 1. The lowest BCUT2D eigenvalue weighted by Gasteiger charge is -2.46. The quantitative estimate of drug-likeness (QED) is 0.809.